The van der Waals surface area contributed by atoms with Crippen molar-refractivity contribution in [1.82, 2.24) is 4.98 Å². The highest BCUT2D eigenvalue weighted by Crippen LogP contribution is 2.60. The lowest BCUT2D eigenvalue weighted by Gasteiger charge is -2.56. The second-order valence-electron chi connectivity index (χ2n) is 8.01. The highest BCUT2D eigenvalue weighted by Gasteiger charge is 2.54. The van der Waals surface area contributed by atoms with E-state index >= 15 is 0 Å². The maximum absolute atomic E-state index is 13.1. The Morgan fingerprint density at radius 1 is 1.24 bits per heavy atom. The second kappa shape index (κ2) is 4.93. The highest BCUT2D eigenvalue weighted by atomic mass is 16.1. The molecule has 4 aliphatic carbocycles. The summed E-state index contributed by atoms with van der Waals surface area (Å²) in [5, 5.41) is 0. The lowest BCUT2D eigenvalue weighted by molar-refractivity contribution is -0.144. The number of Topliss-reactive ketones (excluding diaryl/α,β-unsaturated/α-hetero) is 1. The number of nitrogens with zero attached hydrogens (tertiary/aromatic N) is 1. The molecule has 4 fully saturated rings. The van der Waals surface area contributed by atoms with E-state index in [0.717, 1.165) is 17.8 Å². The summed E-state index contributed by atoms with van der Waals surface area (Å²) in [6.45, 7) is 2.18. The van der Waals surface area contributed by atoms with Gasteiger partial charge in [0.1, 0.15) is 5.78 Å². The predicted octanol–water partition coefficient (Wildman–Crippen LogP) is 4.36. The molecule has 0 saturated heterocycles. The Bertz CT molecular complexity index is 500. The molecule has 4 saturated carbocycles. The smallest absolute Gasteiger partial charge is 0.139 e. The Morgan fingerprint density at radius 3 is 2.38 bits per heavy atom. The van der Waals surface area contributed by atoms with Gasteiger partial charge in [0, 0.05) is 24.2 Å². The molecule has 0 unspecified atom stereocenters. The molecule has 0 radical (unpaired) electrons. The van der Waals surface area contributed by atoms with Gasteiger partial charge in [-0.2, -0.15) is 0 Å². The quantitative estimate of drug-likeness (QED) is 0.821. The molecule has 0 spiro atoms. The van der Waals surface area contributed by atoms with Gasteiger partial charge in [0.25, 0.3) is 0 Å². The predicted molar refractivity (Wildman–Crippen MR) is 82.9 cm³/mol. The van der Waals surface area contributed by atoms with E-state index in [0.29, 0.717) is 18.1 Å². The van der Waals surface area contributed by atoms with Crippen molar-refractivity contribution < 1.29 is 4.79 Å². The minimum Gasteiger partial charge on any atom is -0.299 e. The van der Waals surface area contributed by atoms with Gasteiger partial charge in [-0.25, -0.2) is 0 Å². The molecule has 1 atom stereocenters. The van der Waals surface area contributed by atoms with Crippen LogP contribution in [-0.2, 0) is 4.79 Å². The maximum Gasteiger partial charge on any atom is 0.139 e. The molecular weight excluding hydrogens is 258 g/mol. The number of pyridine rings is 1. The summed E-state index contributed by atoms with van der Waals surface area (Å²) in [4.78, 5) is 17.3. The molecule has 4 aliphatic rings. The van der Waals surface area contributed by atoms with Crippen LogP contribution < -0.4 is 0 Å². The van der Waals surface area contributed by atoms with Crippen molar-refractivity contribution in [3.05, 3.63) is 30.1 Å². The van der Waals surface area contributed by atoms with Crippen LogP contribution in [0.5, 0.6) is 0 Å². The van der Waals surface area contributed by atoms with Gasteiger partial charge in [-0.3, -0.25) is 9.78 Å². The van der Waals surface area contributed by atoms with Crippen molar-refractivity contribution in [3.63, 3.8) is 0 Å². The van der Waals surface area contributed by atoms with Gasteiger partial charge in [-0.05, 0) is 73.8 Å². The molecule has 1 heterocycles. The van der Waals surface area contributed by atoms with Gasteiger partial charge in [-0.1, -0.05) is 13.0 Å². The Labute approximate surface area is 127 Å². The summed E-state index contributed by atoms with van der Waals surface area (Å²) in [6.07, 6.45) is 12.2. The molecular formula is C19H25NO. The van der Waals surface area contributed by atoms with Crippen LogP contribution in [0.2, 0.25) is 0 Å². The van der Waals surface area contributed by atoms with E-state index in [1.54, 1.807) is 6.20 Å². The summed E-state index contributed by atoms with van der Waals surface area (Å²) in [7, 11) is 0. The van der Waals surface area contributed by atoms with Crippen molar-refractivity contribution in [2.24, 2.45) is 23.2 Å². The molecule has 0 N–H and O–H groups in total. The van der Waals surface area contributed by atoms with Crippen LogP contribution in [-0.4, -0.2) is 10.8 Å². The standard InChI is InChI=1S/C19H25NO/c1-13(17-3-2-4-20-12-17)5-18(21)19-9-14-6-15(10-19)8-16(7-14)11-19/h2-4,12-16H,5-11H2,1H3/t13-,14?,15?,16?,19?/m1/s1. The van der Waals surface area contributed by atoms with E-state index in [1.807, 2.05) is 12.3 Å². The molecule has 112 valence electrons. The number of hydrogen-bond donors (Lipinski definition) is 0. The summed E-state index contributed by atoms with van der Waals surface area (Å²) in [5.41, 5.74) is 1.26. The Balaban J connectivity index is 1.50. The minimum absolute atomic E-state index is 0.0607. The fourth-order valence-corrected chi connectivity index (χ4v) is 5.73. The first-order chi connectivity index (χ1) is 10.1. The lowest BCUT2D eigenvalue weighted by atomic mass is 9.48. The van der Waals surface area contributed by atoms with E-state index in [2.05, 4.69) is 18.0 Å². The number of carbonyl (C=O) groups is 1. The maximum atomic E-state index is 13.1. The average molecular weight is 283 g/mol. The van der Waals surface area contributed by atoms with Crippen LogP contribution >= 0.6 is 0 Å². The third kappa shape index (κ3) is 2.33. The second-order valence-corrected chi connectivity index (χ2v) is 8.01. The van der Waals surface area contributed by atoms with Crippen molar-refractivity contribution in [2.75, 3.05) is 0 Å². The summed E-state index contributed by atoms with van der Waals surface area (Å²) in [5.74, 6) is 3.42. The number of ketones is 1. The molecule has 1 aromatic rings. The Hall–Kier alpha value is -1.18. The molecule has 0 aliphatic heterocycles. The summed E-state index contributed by atoms with van der Waals surface area (Å²) in [6, 6.07) is 4.08. The number of hydrogen-bond acceptors (Lipinski definition) is 2. The normalized spacial score (nSPS) is 38.4. The highest BCUT2D eigenvalue weighted by molar-refractivity contribution is 5.86. The molecule has 21 heavy (non-hydrogen) atoms. The van der Waals surface area contributed by atoms with Crippen molar-refractivity contribution in [1.29, 1.82) is 0 Å². The molecule has 2 nitrogen and oxygen atoms in total. The number of carbonyl (C=O) groups excluding carboxylic acids is 1. The SMILES string of the molecule is C[C@H](CC(=O)C12CC3CC(CC(C3)C1)C2)c1cccnc1. The van der Waals surface area contributed by atoms with Crippen molar-refractivity contribution >= 4 is 5.78 Å². The third-order valence-corrected chi connectivity index (χ3v) is 6.37. The van der Waals surface area contributed by atoms with Crippen LogP contribution in [0.3, 0.4) is 0 Å². The van der Waals surface area contributed by atoms with E-state index in [9.17, 15) is 4.79 Å². The van der Waals surface area contributed by atoms with Gasteiger partial charge in [0.05, 0.1) is 0 Å². The summed E-state index contributed by atoms with van der Waals surface area (Å²) < 4.78 is 0. The number of aromatic nitrogens is 1. The van der Waals surface area contributed by atoms with E-state index < -0.39 is 0 Å². The average Bonchev–Trinajstić information content (AvgIpc) is 2.46. The van der Waals surface area contributed by atoms with Crippen LogP contribution in [0.4, 0.5) is 0 Å². The molecule has 0 amide bonds. The topological polar surface area (TPSA) is 30.0 Å². The summed E-state index contributed by atoms with van der Waals surface area (Å²) >= 11 is 0. The first kappa shape index (κ1) is 13.5. The van der Waals surface area contributed by atoms with Crippen molar-refractivity contribution in [3.8, 4) is 0 Å². The molecule has 0 aromatic carbocycles. The fraction of sp³-hybridized carbons (Fsp3) is 0.684. The van der Waals surface area contributed by atoms with Gasteiger partial charge < -0.3 is 0 Å². The third-order valence-electron chi connectivity index (χ3n) is 6.37. The first-order valence-electron chi connectivity index (χ1n) is 8.58. The molecule has 1 aromatic heterocycles. The monoisotopic (exact) mass is 283 g/mol. The van der Waals surface area contributed by atoms with Crippen LogP contribution in [0.25, 0.3) is 0 Å². The molecule has 4 bridgehead atoms. The van der Waals surface area contributed by atoms with Crippen molar-refractivity contribution in [2.45, 2.75) is 57.8 Å². The van der Waals surface area contributed by atoms with Gasteiger partial charge >= 0.3 is 0 Å². The van der Waals surface area contributed by atoms with E-state index in [-0.39, 0.29) is 5.41 Å². The fourth-order valence-electron chi connectivity index (χ4n) is 5.73. The van der Waals surface area contributed by atoms with Crippen LogP contribution in [0.1, 0.15) is 63.4 Å². The Morgan fingerprint density at radius 2 is 1.86 bits per heavy atom. The van der Waals surface area contributed by atoms with Crippen LogP contribution in [0.15, 0.2) is 24.5 Å². The van der Waals surface area contributed by atoms with E-state index in [4.69, 9.17) is 0 Å². The molecule has 2 heteroatoms. The first-order valence-corrected chi connectivity index (χ1v) is 8.58. The van der Waals surface area contributed by atoms with Crippen LogP contribution in [0, 0.1) is 23.2 Å². The zero-order chi connectivity index (χ0) is 14.4. The van der Waals surface area contributed by atoms with Gasteiger partial charge in [0.15, 0.2) is 0 Å². The zero-order valence-corrected chi connectivity index (χ0v) is 12.9. The largest absolute Gasteiger partial charge is 0.299 e. The lowest BCUT2D eigenvalue weighted by Crippen LogP contribution is -2.50. The van der Waals surface area contributed by atoms with E-state index in [1.165, 1.54) is 44.1 Å². The van der Waals surface area contributed by atoms with Gasteiger partial charge in [-0.15, -0.1) is 0 Å². The zero-order valence-electron chi connectivity index (χ0n) is 12.9. The van der Waals surface area contributed by atoms with Gasteiger partial charge in [0.2, 0.25) is 0 Å². The Kier molecular flexibility index (Phi) is 3.16. The minimum atomic E-state index is 0.0607. The molecule has 5 rings (SSSR count). The number of rotatable bonds is 4.